The topological polar surface area (TPSA) is 26.0 Å². The van der Waals surface area contributed by atoms with Crippen molar-refractivity contribution in [2.75, 3.05) is 0 Å². The number of hydrogen-bond acceptors (Lipinski definition) is 1. The Kier molecular flexibility index (Phi) is 2.82. The lowest BCUT2D eigenvalue weighted by atomic mass is 9.86. The molecule has 74 valence electrons. The second-order valence-corrected chi connectivity index (χ2v) is 4.40. The van der Waals surface area contributed by atoms with E-state index >= 15 is 0 Å². The normalized spacial score (nSPS) is 20.5. The molecule has 1 aromatic carbocycles. The van der Waals surface area contributed by atoms with Crippen LogP contribution in [0.3, 0.4) is 0 Å². The quantitative estimate of drug-likeness (QED) is 0.782. The van der Waals surface area contributed by atoms with E-state index in [1.807, 2.05) is 12.1 Å². The molecule has 1 saturated carbocycles. The molecule has 3 heteroatoms. The molecule has 1 aromatic rings. The third-order valence-corrected chi connectivity index (χ3v) is 3.22. The molecular formula is C11H11Cl2N. The van der Waals surface area contributed by atoms with Gasteiger partial charge in [0, 0.05) is 6.04 Å². The average Bonchev–Trinajstić information content (AvgIpc) is 2.10. The number of rotatable bonds is 1. The van der Waals surface area contributed by atoms with E-state index in [0.717, 1.165) is 18.4 Å². The van der Waals surface area contributed by atoms with E-state index < -0.39 is 0 Å². The second-order valence-electron chi connectivity index (χ2n) is 3.61. The summed E-state index contributed by atoms with van der Waals surface area (Å²) < 4.78 is 0. The Labute approximate surface area is 93.5 Å². The third kappa shape index (κ3) is 1.95. The summed E-state index contributed by atoms with van der Waals surface area (Å²) >= 11 is 11.9. The van der Waals surface area contributed by atoms with Crippen LogP contribution in [0, 0.1) is 0 Å². The smallest absolute Gasteiger partial charge is 0.0664 e. The fourth-order valence-corrected chi connectivity index (χ4v) is 1.95. The van der Waals surface area contributed by atoms with Gasteiger partial charge in [-0.05, 0) is 24.5 Å². The zero-order valence-corrected chi connectivity index (χ0v) is 9.15. The van der Waals surface area contributed by atoms with Crippen molar-refractivity contribution >= 4 is 29.3 Å². The summed E-state index contributed by atoms with van der Waals surface area (Å²) in [4.78, 5) is 0. The van der Waals surface area contributed by atoms with Gasteiger partial charge in [-0.2, -0.15) is 0 Å². The Bertz CT molecular complexity index is 377. The molecule has 0 bridgehead atoms. The van der Waals surface area contributed by atoms with Crippen molar-refractivity contribution in [3.63, 3.8) is 0 Å². The summed E-state index contributed by atoms with van der Waals surface area (Å²) in [6.45, 7) is 0. The van der Waals surface area contributed by atoms with Gasteiger partial charge in [0.15, 0.2) is 0 Å². The molecule has 1 fully saturated rings. The van der Waals surface area contributed by atoms with Crippen LogP contribution in [0.4, 0.5) is 0 Å². The highest BCUT2D eigenvalue weighted by Crippen LogP contribution is 2.31. The summed E-state index contributed by atoms with van der Waals surface area (Å²) in [7, 11) is 0. The maximum Gasteiger partial charge on any atom is 0.0664 e. The second kappa shape index (κ2) is 3.93. The lowest BCUT2D eigenvalue weighted by molar-refractivity contribution is 0.547. The largest absolute Gasteiger partial charge is 0.327 e. The highest BCUT2D eigenvalue weighted by Gasteiger charge is 2.18. The minimum Gasteiger partial charge on any atom is -0.327 e. The van der Waals surface area contributed by atoms with Crippen molar-refractivity contribution in [1.82, 2.24) is 0 Å². The van der Waals surface area contributed by atoms with Crippen LogP contribution in [-0.2, 0) is 0 Å². The van der Waals surface area contributed by atoms with Gasteiger partial charge in [-0.3, -0.25) is 0 Å². The van der Waals surface area contributed by atoms with Crippen molar-refractivity contribution < 1.29 is 0 Å². The molecule has 14 heavy (non-hydrogen) atoms. The van der Waals surface area contributed by atoms with Gasteiger partial charge in [-0.15, -0.1) is 0 Å². The fourth-order valence-electron chi connectivity index (χ4n) is 1.58. The maximum atomic E-state index is 6.05. The predicted molar refractivity (Wildman–Crippen MR) is 61.6 cm³/mol. The van der Waals surface area contributed by atoms with Crippen LogP contribution in [-0.4, -0.2) is 6.04 Å². The molecule has 0 unspecified atom stereocenters. The molecular weight excluding hydrogens is 217 g/mol. The van der Waals surface area contributed by atoms with Gasteiger partial charge in [0.25, 0.3) is 0 Å². The first-order valence-corrected chi connectivity index (χ1v) is 5.31. The highest BCUT2D eigenvalue weighted by molar-refractivity contribution is 6.42. The van der Waals surface area contributed by atoms with Crippen LogP contribution in [0.2, 0.25) is 10.0 Å². The van der Waals surface area contributed by atoms with Crippen LogP contribution in [0.15, 0.2) is 23.8 Å². The summed E-state index contributed by atoms with van der Waals surface area (Å²) in [6.07, 6.45) is 4.03. The van der Waals surface area contributed by atoms with E-state index in [4.69, 9.17) is 28.9 Å². The molecule has 1 aliphatic carbocycles. The van der Waals surface area contributed by atoms with E-state index in [0.29, 0.717) is 16.1 Å². The van der Waals surface area contributed by atoms with Gasteiger partial charge < -0.3 is 5.73 Å². The Balaban J connectivity index is 2.25. The lowest BCUT2D eigenvalue weighted by Crippen LogP contribution is -2.29. The van der Waals surface area contributed by atoms with Gasteiger partial charge in [-0.1, -0.05) is 47.0 Å². The molecule has 2 rings (SSSR count). The molecule has 2 N–H and O–H groups in total. The molecule has 0 saturated heterocycles. The maximum absolute atomic E-state index is 6.05. The first-order valence-electron chi connectivity index (χ1n) is 4.56. The fraction of sp³-hybridized carbons (Fsp3) is 0.273. The van der Waals surface area contributed by atoms with Crippen molar-refractivity contribution in [1.29, 1.82) is 0 Å². The number of nitrogens with two attached hydrogens (primary N) is 1. The molecule has 0 aromatic heterocycles. The molecule has 0 spiro atoms. The molecule has 0 amide bonds. The molecule has 1 aliphatic rings. The summed E-state index contributed by atoms with van der Waals surface area (Å²) in [5.41, 5.74) is 8.03. The Morgan fingerprint density at radius 3 is 2.64 bits per heavy atom. The summed E-state index contributed by atoms with van der Waals surface area (Å²) in [5.74, 6) is 0. The van der Waals surface area contributed by atoms with Crippen LogP contribution >= 0.6 is 23.2 Å². The van der Waals surface area contributed by atoms with Gasteiger partial charge in [-0.25, -0.2) is 0 Å². The van der Waals surface area contributed by atoms with Crippen LogP contribution < -0.4 is 5.73 Å². The van der Waals surface area contributed by atoms with Crippen LogP contribution in [0.5, 0.6) is 0 Å². The van der Waals surface area contributed by atoms with E-state index in [1.165, 1.54) is 5.57 Å². The van der Waals surface area contributed by atoms with Gasteiger partial charge in [0.05, 0.1) is 10.0 Å². The molecule has 1 nitrogen and oxygen atoms in total. The van der Waals surface area contributed by atoms with Crippen molar-refractivity contribution in [2.24, 2.45) is 5.73 Å². The van der Waals surface area contributed by atoms with Crippen LogP contribution in [0.25, 0.3) is 6.08 Å². The zero-order chi connectivity index (χ0) is 10.1. The number of hydrogen-bond donors (Lipinski definition) is 1. The molecule has 0 heterocycles. The van der Waals surface area contributed by atoms with E-state index in [9.17, 15) is 0 Å². The van der Waals surface area contributed by atoms with Gasteiger partial charge in [0.1, 0.15) is 0 Å². The summed E-state index contributed by atoms with van der Waals surface area (Å²) in [5, 5.41) is 1.23. The minimum atomic E-state index is 0.333. The number of halogens is 2. The van der Waals surface area contributed by atoms with E-state index in [2.05, 4.69) is 6.08 Å². The molecule has 0 atom stereocenters. The monoisotopic (exact) mass is 227 g/mol. The van der Waals surface area contributed by atoms with E-state index in [-0.39, 0.29) is 0 Å². The Morgan fingerprint density at radius 1 is 1.29 bits per heavy atom. The third-order valence-electron chi connectivity index (χ3n) is 2.39. The Hall–Kier alpha value is -0.500. The first-order chi connectivity index (χ1) is 6.66. The molecule has 0 aliphatic heterocycles. The van der Waals surface area contributed by atoms with Gasteiger partial charge in [0.2, 0.25) is 0 Å². The van der Waals surface area contributed by atoms with E-state index in [1.54, 1.807) is 6.07 Å². The number of benzene rings is 1. The Morgan fingerprint density at radius 2 is 2.00 bits per heavy atom. The zero-order valence-electron chi connectivity index (χ0n) is 7.63. The van der Waals surface area contributed by atoms with Crippen molar-refractivity contribution in [2.45, 2.75) is 18.9 Å². The SMILES string of the molecule is NC1CC(=Cc2cccc(Cl)c2Cl)C1. The summed E-state index contributed by atoms with van der Waals surface area (Å²) in [6, 6.07) is 5.99. The van der Waals surface area contributed by atoms with Crippen molar-refractivity contribution in [3.05, 3.63) is 39.4 Å². The minimum absolute atomic E-state index is 0.333. The first kappa shape index (κ1) is 10.0. The molecule has 0 radical (unpaired) electrons. The predicted octanol–water partition coefficient (Wildman–Crippen LogP) is 3.50. The van der Waals surface area contributed by atoms with Gasteiger partial charge >= 0.3 is 0 Å². The lowest BCUT2D eigenvalue weighted by Gasteiger charge is -2.25. The highest BCUT2D eigenvalue weighted by atomic mass is 35.5. The van der Waals surface area contributed by atoms with Crippen molar-refractivity contribution in [3.8, 4) is 0 Å². The van der Waals surface area contributed by atoms with Crippen LogP contribution in [0.1, 0.15) is 18.4 Å². The average molecular weight is 228 g/mol. The standard InChI is InChI=1S/C11H11Cl2N/c12-10-3-1-2-8(11(10)13)4-7-5-9(14)6-7/h1-4,9H,5-6,14H2.